The number of amidine groups is 1. The van der Waals surface area contributed by atoms with Gasteiger partial charge in [-0.2, -0.15) is 0 Å². The number of nitrogens with two attached hydrogens (primary N) is 1. The fraction of sp³-hybridized carbons (Fsp3) is 0.538. The van der Waals surface area contributed by atoms with Crippen LogP contribution in [-0.4, -0.2) is 16.6 Å². The van der Waals surface area contributed by atoms with Crippen LogP contribution in [0.15, 0.2) is 17.3 Å². The summed E-state index contributed by atoms with van der Waals surface area (Å²) in [6.07, 6.45) is 7.22. The van der Waals surface area contributed by atoms with Crippen LogP contribution in [0.3, 0.4) is 0 Å². The Kier molecular flexibility index (Phi) is 4.05. The first-order valence-electron chi connectivity index (χ1n) is 6.11. The molecule has 0 saturated heterocycles. The van der Waals surface area contributed by atoms with Gasteiger partial charge in [0.25, 0.3) is 0 Å². The number of nitrogens with one attached hydrogen (secondary N) is 1. The van der Waals surface area contributed by atoms with E-state index in [2.05, 4.69) is 4.98 Å². The molecule has 0 spiro atoms. The molecule has 92 valence electrons. The van der Waals surface area contributed by atoms with Crippen LogP contribution in [0.25, 0.3) is 0 Å². The standard InChI is InChI=1S/C13H19N3S/c1-9-6-7-16-13(11(9)12(14)15)17-8-10-4-2-3-5-10/h6-7,10H,2-5,8H2,1H3,(H3,14,15). The van der Waals surface area contributed by atoms with Crippen LogP contribution in [0, 0.1) is 18.3 Å². The number of aryl methyl sites for hydroxylation is 1. The molecule has 3 nitrogen and oxygen atoms in total. The smallest absolute Gasteiger partial charge is 0.125 e. The van der Waals surface area contributed by atoms with Crippen LogP contribution >= 0.6 is 11.8 Å². The van der Waals surface area contributed by atoms with Crippen LogP contribution in [0.5, 0.6) is 0 Å². The summed E-state index contributed by atoms with van der Waals surface area (Å²) in [6.45, 7) is 1.98. The van der Waals surface area contributed by atoms with Gasteiger partial charge in [0.1, 0.15) is 10.9 Å². The van der Waals surface area contributed by atoms with Crippen LogP contribution in [0.1, 0.15) is 36.8 Å². The first-order valence-corrected chi connectivity index (χ1v) is 7.10. The number of pyridine rings is 1. The van der Waals surface area contributed by atoms with Crippen molar-refractivity contribution in [1.82, 2.24) is 4.98 Å². The number of nitrogen functional groups attached to an aromatic ring is 1. The molecule has 1 aliphatic rings. The average molecular weight is 249 g/mol. The lowest BCUT2D eigenvalue weighted by atomic mass is 10.1. The second-order valence-electron chi connectivity index (χ2n) is 4.68. The number of nitrogens with zero attached hydrogens (tertiary/aromatic N) is 1. The van der Waals surface area contributed by atoms with Gasteiger partial charge in [0.05, 0.1) is 5.56 Å². The Balaban J connectivity index is 2.09. The van der Waals surface area contributed by atoms with E-state index in [1.54, 1.807) is 18.0 Å². The Hall–Kier alpha value is -1.03. The predicted molar refractivity (Wildman–Crippen MR) is 72.7 cm³/mol. The molecule has 0 unspecified atom stereocenters. The van der Waals surface area contributed by atoms with Crippen molar-refractivity contribution >= 4 is 17.6 Å². The predicted octanol–water partition coefficient (Wildman–Crippen LogP) is 2.96. The zero-order chi connectivity index (χ0) is 12.3. The van der Waals surface area contributed by atoms with Crippen molar-refractivity contribution in [3.05, 3.63) is 23.4 Å². The highest BCUT2D eigenvalue weighted by Crippen LogP contribution is 2.31. The van der Waals surface area contributed by atoms with Crippen LogP contribution in [-0.2, 0) is 0 Å². The monoisotopic (exact) mass is 249 g/mol. The van der Waals surface area contributed by atoms with E-state index in [0.717, 1.165) is 27.8 Å². The molecule has 1 heterocycles. The maximum atomic E-state index is 7.63. The van der Waals surface area contributed by atoms with E-state index < -0.39 is 0 Å². The lowest BCUT2D eigenvalue weighted by Crippen LogP contribution is -2.15. The molecule has 0 aromatic carbocycles. The quantitative estimate of drug-likeness (QED) is 0.490. The molecular formula is C13H19N3S. The van der Waals surface area contributed by atoms with Crippen LogP contribution < -0.4 is 5.73 Å². The third-order valence-corrected chi connectivity index (χ3v) is 4.55. The lowest BCUT2D eigenvalue weighted by molar-refractivity contribution is 0.623. The normalized spacial score (nSPS) is 16.3. The van der Waals surface area contributed by atoms with E-state index in [-0.39, 0.29) is 5.84 Å². The zero-order valence-corrected chi connectivity index (χ0v) is 11.0. The van der Waals surface area contributed by atoms with Gasteiger partial charge in [0.2, 0.25) is 0 Å². The van der Waals surface area contributed by atoms with Gasteiger partial charge >= 0.3 is 0 Å². The Morgan fingerprint density at radius 2 is 2.24 bits per heavy atom. The van der Waals surface area contributed by atoms with Gasteiger partial charge < -0.3 is 5.73 Å². The second kappa shape index (κ2) is 5.54. The molecule has 0 amide bonds. The molecule has 0 radical (unpaired) electrons. The fourth-order valence-electron chi connectivity index (χ4n) is 2.34. The van der Waals surface area contributed by atoms with E-state index >= 15 is 0 Å². The first kappa shape index (κ1) is 12.4. The molecule has 1 fully saturated rings. The van der Waals surface area contributed by atoms with E-state index in [4.69, 9.17) is 11.1 Å². The average Bonchev–Trinajstić information content (AvgIpc) is 2.78. The van der Waals surface area contributed by atoms with Crippen molar-refractivity contribution in [2.24, 2.45) is 11.7 Å². The van der Waals surface area contributed by atoms with Gasteiger partial charge in [-0.1, -0.05) is 12.8 Å². The Bertz CT molecular complexity index is 411. The van der Waals surface area contributed by atoms with E-state index in [0.29, 0.717) is 0 Å². The van der Waals surface area contributed by atoms with E-state index in [9.17, 15) is 0 Å². The summed E-state index contributed by atoms with van der Waals surface area (Å²) in [5.74, 6) is 2.06. The van der Waals surface area contributed by atoms with Crippen molar-refractivity contribution in [1.29, 1.82) is 5.41 Å². The lowest BCUT2D eigenvalue weighted by Gasteiger charge is -2.12. The highest BCUT2D eigenvalue weighted by molar-refractivity contribution is 7.99. The van der Waals surface area contributed by atoms with Crippen molar-refractivity contribution < 1.29 is 0 Å². The SMILES string of the molecule is Cc1ccnc(SCC2CCCC2)c1C(=N)N. The number of thioether (sulfide) groups is 1. The number of hydrogen-bond donors (Lipinski definition) is 2. The van der Waals surface area contributed by atoms with E-state index in [1.165, 1.54) is 25.7 Å². The fourth-order valence-corrected chi connectivity index (χ4v) is 3.62. The molecule has 0 aliphatic heterocycles. The topological polar surface area (TPSA) is 62.8 Å². The summed E-state index contributed by atoms with van der Waals surface area (Å²) in [6, 6.07) is 1.91. The summed E-state index contributed by atoms with van der Waals surface area (Å²) in [5.41, 5.74) is 7.49. The van der Waals surface area contributed by atoms with Crippen molar-refractivity contribution in [3.63, 3.8) is 0 Å². The van der Waals surface area contributed by atoms with Crippen LogP contribution in [0.4, 0.5) is 0 Å². The summed E-state index contributed by atoms with van der Waals surface area (Å²) >= 11 is 1.75. The molecule has 1 aliphatic carbocycles. The highest BCUT2D eigenvalue weighted by atomic mass is 32.2. The van der Waals surface area contributed by atoms with Gasteiger partial charge in [-0.3, -0.25) is 5.41 Å². The minimum atomic E-state index is 0.129. The maximum Gasteiger partial charge on any atom is 0.125 e. The summed E-state index contributed by atoms with van der Waals surface area (Å²) in [5, 5.41) is 8.55. The number of rotatable bonds is 4. The molecule has 1 aromatic rings. The maximum absolute atomic E-state index is 7.63. The molecule has 3 N–H and O–H groups in total. The Morgan fingerprint density at radius 1 is 1.53 bits per heavy atom. The summed E-state index contributed by atoms with van der Waals surface area (Å²) in [7, 11) is 0. The van der Waals surface area contributed by atoms with Gasteiger partial charge in [-0.25, -0.2) is 4.98 Å². The molecule has 17 heavy (non-hydrogen) atoms. The largest absolute Gasteiger partial charge is 0.384 e. The second-order valence-corrected chi connectivity index (χ2v) is 5.69. The number of aromatic nitrogens is 1. The Morgan fingerprint density at radius 3 is 2.88 bits per heavy atom. The van der Waals surface area contributed by atoms with Crippen LogP contribution in [0.2, 0.25) is 0 Å². The first-order chi connectivity index (χ1) is 8.18. The summed E-state index contributed by atoms with van der Waals surface area (Å²) < 4.78 is 0. The van der Waals surface area contributed by atoms with Crippen molar-refractivity contribution in [2.75, 3.05) is 5.75 Å². The third kappa shape index (κ3) is 3.00. The van der Waals surface area contributed by atoms with E-state index in [1.807, 2.05) is 13.0 Å². The third-order valence-electron chi connectivity index (χ3n) is 3.32. The molecule has 1 aromatic heterocycles. The van der Waals surface area contributed by atoms with Crippen molar-refractivity contribution in [3.8, 4) is 0 Å². The summed E-state index contributed by atoms with van der Waals surface area (Å²) in [4.78, 5) is 4.36. The van der Waals surface area contributed by atoms with Gasteiger partial charge in [-0.05, 0) is 37.3 Å². The molecule has 1 saturated carbocycles. The molecule has 2 rings (SSSR count). The van der Waals surface area contributed by atoms with Gasteiger partial charge in [0.15, 0.2) is 0 Å². The Labute approximate surface area is 107 Å². The molecule has 0 atom stereocenters. The van der Waals surface area contributed by atoms with Crippen molar-refractivity contribution in [2.45, 2.75) is 37.6 Å². The number of hydrogen-bond acceptors (Lipinski definition) is 3. The highest BCUT2D eigenvalue weighted by Gasteiger charge is 2.17. The molecule has 4 heteroatoms. The minimum Gasteiger partial charge on any atom is -0.384 e. The minimum absolute atomic E-state index is 0.129. The molecular weight excluding hydrogens is 230 g/mol. The van der Waals surface area contributed by atoms with Gasteiger partial charge in [0, 0.05) is 11.9 Å². The zero-order valence-electron chi connectivity index (χ0n) is 10.2. The molecule has 0 bridgehead atoms. The van der Waals surface area contributed by atoms with Gasteiger partial charge in [-0.15, -0.1) is 11.8 Å².